The van der Waals surface area contributed by atoms with Gasteiger partial charge in [0.25, 0.3) is 0 Å². The zero-order chi connectivity index (χ0) is 14.8. The Balaban J connectivity index is 1.90. The Morgan fingerprint density at radius 1 is 1.19 bits per heavy atom. The van der Waals surface area contributed by atoms with Crippen molar-refractivity contribution in [1.82, 2.24) is 19.3 Å². The normalized spacial score (nSPS) is 12.9. The van der Waals surface area contributed by atoms with E-state index in [2.05, 4.69) is 27.6 Å². The summed E-state index contributed by atoms with van der Waals surface area (Å²) >= 11 is 0. The molecule has 3 rings (SSSR count). The van der Waals surface area contributed by atoms with Crippen molar-refractivity contribution < 1.29 is 5.11 Å². The Morgan fingerprint density at radius 3 is 2.71 bits per heavy atom. The highest BCUT2D eigenvalue weighted by atomic mass is 16.3. The number of hydrogen-bond acceptors (Lipinski definition) is 3. The van der Waals surface area contributed by atoms with Crippen molar-refractivity contribution in [2.45, 2.75) is 39.5 Å². The number of benzene rings is 1. The van der Waals surface area contributed by atoms with Crippen LogP contribution >= 0.6 is 0 Å². The molecule has 1 atom stereocenters. The van der Waals surface area contributed by atoms with E-state index in [9.17, 15) is 5.11 Å². The molecule has 2 aromatic heterocycles. The fraction of sp³-hybridized carbons (Fsp3) is 0.375. The summed E-state index contributed by atoms with van der Waals surface area (Å²) in [4.78, 5) is 4.65. The molecule has 0 aliphatic carbocycles. The van der Waals surface area contributed by atoms with Crippen LogP contribution in [0, 0.1) is 0 Å². The maximum atomic E-state index is 10.4. The predicted octanol–water partition coefficient (Wildman–Crippen LogP) is 2.55. The number of nitrogens with zero attached hydrogens (tertiary/aromatic N) is 4. The third-order valence-electron chi connectivity index (χ3n) is 3.79. The zero-order valence-electron chi connectivity index (χ0n) is 12.4. The van der Waals surface area contributed by atoms with Gasteiger partial charge in [-0.1, -0.05) is 12.1 Å². The average molecular weight is 284 g/mol. The van der Waals surface area contributed by atoms with Gasteiger partial charge < -0.3 is 9.67 Å². The molecular weight excluding hydrogens is 264 g/mol. The highest BCUT2D eigenvalue weighted by Gasteiger charge is 2.16. The number of rotatable bonds is 5. The van der Waals surface area contributed by atoms with Crippen LogP contribution in [0.1, 0.15) is 31.3 Å². The first-order chi connectivity index (χ1) is 10.2. The van der Waals surface area contributed by atoms with Gasteiger partial charge in [-0.2, -0.15) is 5.10 Å². The first-order valence-electron chi connectivity index (χ1n) is 7.37. The van der Waals surface area contributed by atoms with Crippen molar-refractivity contribution in [1.29, 1.82) is 0 Å². The van der Waals surface area contributed by atoms with Gasteiger partial charge in [0.1, 0.15) is 5.82 Å². The Hall–Kier alpha value is -2.14. The molecule has 0 fully saturated rings. The minimum Gasteiger partial charge on any atom is -0.388 e. The highest BCUT2D eigenvalue weighted by molar-refractivity contribution is 5.75. The second kappa shape index (κ2) is 5.69. The van der Waals surface area contributed by atoms with E-state index in [1.165, 1.54) is 0 Å². The number of hydrogen-bond donors (Lipinski definition) is 1. The van der Waals surface area contributed by atoms with Gasteiger partial charge in [-0.15, -0.1) is 0 Å². The van der Waals surface area contributed by atoms with Gasteiger partial charge in [-0.25, -0.2) is 4.98 Å². The van der Waals surface area contributed by atoms with Crippen molar-refractivity contribution in [3.05, 3.63) is 48.0 Å². The Kier molecular flexibility index (Phi) is 3.75. The van der Waals surface area contributed by atoms with Gasteiger partial charge in [0.2, 0.25) is 0 Å². The lowest BCUT2D eigenvalue weighted by atomic mass is 10.1. The fourth-order valence-corrected chi connectivity index (χ4v) is 2.65. The number of aromatic nitrogens is 4. The smallest absolute Gasteiger partial charge is 0.112 e. The van der Waals surface area contributed by atoms with Crippen molar-refractivity contribution in [2.24, 2.45) is 0 Å². The predicted molar refractivity (Wildman–Crippen MR) is 82.0 cm³/mol. The zero-order valence-corrected chi connectivity index (χ0v) is 12.4. The molecule has 0 aliphatic heterocycles. The summed E-state index contributed by atoms with van der Waals surface area (Å²) in [7, 11) is 0. The van der Waals surface area contributed by atoms with Crippen LogP contribution in [-0.4, -0.2) is 24.4 Å². The Morgan fingerprint density at radius 2 is 2.00 bits per heavy atom. The van der Waals surface area contributed by atoms with E-state index in [0.717, 1.165) is 35.5 Å². The SMILES string of the molecule is CCn1cc(C(O)Cc2nc3ccccc3n2CC)cn1. The number of imidazole rings is 1. The van der Waals surface area contributed by atoms with Gasteiger partial charge in [0, 0.05) is 31.3 Å². The highest BCUT2D eigenvalue weighted by Crippen LogP contribution is 2.21. The van der Waals surface area contributed by atoms with Gasteiger partial charge in [0.05, 0.1) is 23.3 Å². The quantitative estimate of drug-likeness (QED) is 0.783. The molecule has 1 N–H and O–H groups in total. The fourth-order valence-electron chi connectivity index (χ4n) is 2.65. The minimum atomic E-state index is -0.576. The van der Waals surface area contributed by atoms with Crippen molar-refractivity contribution in [2.75, 3.05) is 0 Å². The Labute approximate surface area is 123 Å². The van der Waals surface area contributed by atoms with Crippen LogP contribution in [0.15, 0.2) is 36.7 Å². The third kappa shape index (κ3) is 2.56. The van der Waals surface area contributed by atoms with E-state index in [1.54, 1.807) is 6.20 Å². The van der Waals surface area contributed by atoms with Gasteiger partial charge in [0.15, 0.2) is 0 Å². The molecule has 0 saturated carbocycles. The molecule has 0 saturated heterocycles. The summed E-state index contributed by atoms with van der Waals surface area (Å²) in [6.45, 7) is 5.77. The number of aryl methyl sites for hydroxylation is 2. The van der Waals surface area contributed by atoms with Gasteiger partial charge in [-0.3, -0.25) is 4.68 Å². The van der Waals surface area contributed by atoms with Crippen LogP contribution in [0.4, 0.5) is 0 Å². The summed E-state index contributed by atoms with van der Waals surface area (Å²) in [5.74, 6) is 0.912. The van der Waals surface area contributed by atoms with E-state index in [1.807, 2.05) is 36.0 Å². The molecule has 0 spiro atoms. The lowest BCUT2D eigenvalue weighted by molar-refractivity contribution is 0.174. The molecular formula is C16H20N4O. The van der Waals surface area contributed by atoms with Crippen LogP contribution in [0.25, 0.3) is 11.0 Å². The van der Waals surface area contributed by atoms with E-state index >= 15 is 0 Å². The molecule has 0 aliphatic rings. The van der Waals surface area contributed by atoms with Gasteiger partial charge in [-0.05, 0) is 26.0 Å². The number of fused-ring (bicyclic) bond motifs is 1. The van der Waals surface area contributed by atoms with Crippen molar-refractivity contribution in [3.63, 3.8) is 0 Å². The molecule has 3 aromatic rings. The molecule has 0 radical (unpaired) electrons. The van der Waals surface area contributed by atoms with Gasteiger partial charge >= 0.3 is 0 Å². The molecule has 1 unspecified atom stereocenters. The van der Waals surface area contributed by atoms with Crippen LogP contribution in [0.5, 0.6) is 0 Å². The average Bonchev–Trinajstić information content (AvgIpc) is 3.11. The molecule has 0 amide bonds. The van der Waals surface area contributed by atoms with Crippen LogP contribution < -0.4 is 0 Å². The molecule has 5 heteroatoms. The van der Waals surface area contributed by atoms with E-state index < -0.39 is 6.10 Å². The molecule has 110 valence electrons. The van der Waals surface area contributed by atoms with Crippen LogP contribution in [-0.2, 0) is 19.5 Å². The lowest BCUT2D eigenvalue weighted by Gasteiger charge is -2.10. The summed E-state index contributed by atoms with van der Waals surface area (Å²) in [6, 6.07) is 8.08. The molecule has 2 heterocycles. The van der Waals surface area contributed by atoms with E-state index in [0.29, 0.717) is 6.42 Å². The molecule has 5 nitrogen and oxygen atoms in total. The maximum absolute atomic E-state index is 10.4. The van der Waals surface area contributed by atoms with Crippen molar-refractivity contribution >= 4 is 11.0 Å². The molecule has 21 heavy (non-hydrogen) atoms. The summed E-state index contributed by atoms with van der Waals surface area (Å²) < 4.78 is 3.98. The van der Waals surface area contributed by atoms with E-state index in [4.69, 9.17) is 0 Å². The first-order valence-corrected chi connectivity index (χ1v) is 7.37. The number of aliphatic hydroxyl groups excluding tert-OH is 1. The topological polar surface area (TPSA) is 55.9 Å². The van der Waals surface area contributed by atoms with Crippen LogP contribution in [0.2, 0.25) is 0 Å². The van der Waals surface area contributed by atoms with Crippen LogP contribution in [0.3, 0.4) is 0 Å². The largest absolute Gasteiger partial charge is 0.388 e. The monoisotopic (exact) mass is 284 g/mol. The summed E-state index contributed by atoms with van der Waals surface area (Å²) in [5.41, 5.74) is 2.93. The number of aliphatic hydroxyl groups is 1. The second-order valence-electron chi connectivity index (χ2n) is 5.11. The summed E-state index contributed by atoms with van der Waals surface area (Å²) in [6.07, 6.45) is 3.54. The minimum absolute atomic E-state index is 0.498. The summed E-state index contributed by atoms with van der Waals surface area (Å²) in [5, 5.41) is 14.6. The van der Waals surface area contributed by atoms with E-state index in [-0.39, 0.29) is 0 Å². The lowest BCUT2D eigenvalue weighted by Crippen LogP contribution is -2.08. The first kappa shape index (κ1) is 13.8. The third-order valence-corrected chi connectivity index (χ3v) is 3.79. The number of para-hydroxylation sites is 2. The van der Waals surface area contributed by atoms with Crippen molar-refractivity contribution in [3.8, 4) is 0 Å². The standard InChI is InChI=1S/C16H20N4O/c1-3-19-11-12(10-17-19)15(21)9-16-18-13-7-5-6-8-14(13)20(16)4-2/h5-8,10-11,15,21H,3-4,9H2,1-2H3. The molecule has 1 aromatic carbocycles. The molecule has 0 bridgehead atoms. The maximum Gasteiger partial charge on any atom is 0.112 e. The second-order valence-corrected chi connectivity index (χ2v) is 5.11. The Bertz CT molecular complexity index is 744.